The largest absolute Gasteiger partial charge is 0.455 e. The molecule has 1 heterocycles. The molecule has 2 nitrogen and oxygen atoms in total. The van der Waals surface area contributed by atoms with Crippen molar-refractivity contribution in [2.24, 2.45) is 0 Å². The molecule has 0 aliphatic heterocycles. The Hall–Kier alpha value is -7.94. The summed E-state index contributed by atoms with van der Waals surface area (Å²) in [5, 5.41) is 9.13. The summed E-state index contributed by atoms with van der Waals surface area (Å²) >= 11 is 0. The second kappa shape index (κ2) is 13.9. The van der Waals surface area contributed by atoms with Crippen LogP contribution in [0.5, 0.6) is 0 Å². The average Bonchev–Trinajstić information content (AvgIpc) is 3.77. The third-order valence-electron chi connectivity index (χ3n) is 11.6. The van der Waals surface area contributed by atoms with E-state index in [4.69, 9.17) is 4.42 Å². The fourth-order valence-corrected chi connectivity index (χ4v) is 8.69. The van der Waals surface area contributed by atoms with Crippen LogP contribution < -0.4 is 4.90 Å². The van der Waals surface area contributed by atoms with Crippen molar-refractivity contribution in [1.29, 1.82) is 0 Å². The highest BCUT2D eigenvalue weighted by molar-refractivity contribution is 6.19. The maximum atomic E-state index is 9.81. The highest BCUT2D eigenvalue weighted by Crippen LogP contribution is 2.45. The topological polar surface area (TPSA) is 16.4 Å². The van der Waals surface area contributed by atoms with Gasteiger partial charge in [0.25, 0.3) is 0 Å². The molecular formula is C58H37NO. The van der Waals surface area contributed by atoms with Crippen molar-refractivity contribution in [1.82, 2.24) is 0 Å². The number of hydrogen-bond donors (Lipinski definition) is 0. The van der Waals surface area contributed by atoms with Gasteiger partial charge in [-0.2, -0.15) is 0 Å². The van der Waals surface area contributed by atoms with E-state index in [1.54, 1.807) is 24.3 Å². The standard InChI is InChI=1S/C58H37NO/c1-4-16-49-40(10-1)13-8-19-51(49)45-15-7-14-43(36-45)38-24-30-47(31-25-38)59(55-20-9-21-56-57(55)54-35-28-42-12-3-6-18-53(42)58(54)60-56)48-32-26-39(27-33-48)44-29-34-52-46(37-44)23-22-41-11-2-5-17-50(41)52/h1-37H/i24D,25D,26D,27D,30D,31D,32D,33D. The van der Waals surface area contributed by atoms with Crippen molar-refractivity contribution in [2.75, 3.05) is 4.90 Å². The van der Waals surface area contributed by atoms with E-state index in [-0.39, 0.29) is 46.7 Å². The van der Waals surface area contributed by atoms with Gasteiger partial charge >= 0.3 is 0 Å². The monoisotopic (exact) mass is 771 g/mol. The molecule has 1 aromatic heterocycles. The molecule has 0 bridgehead atoms. The van der Waals surface area contributed by atoms with Crippen molar-refractivity contribution >= 4 is 82.1 Å². The molecular weight excluding hydrogens is 727 g/mol. The first-order valence-corrected chi connectivity index (χ1v) is 19.9. The molecule has 0 spiro atoms. The molecule has 2 heteroatoms. The van der Waals surface area contributed by atoms with E-state index in [9.17, 15) is 11.0 Å². The van der Waals surface area contributed by atoms with Crippen molar-refractivity contribution in [2.45, 2.75) is 0 Å². The minimum Gasteiger partial charge on any atom is -0.455 e. The molecule has 0 aliphatic rings. The Morgan fingerprint density at radius 1 is 0.350 bits per heavy atom. The van der Waals surface area contributed by atoms with Crippen molar-refractivity contribution < 1.29 is 15.4 Å². The molecule has 0 fully saturated rings. The van der Waals surface area contributed by atoms with Gasteiger partial charge in [0.2, 0.25) is 0 Å². The molecule has 11 aromatic carbocycles. The zero-order valence-corrected chi connectivity index (χ0v) is 32.1. The number of furan rings is 1. The number of rotatable bonds is 6. The van der Waals surface area contributed by atoms with Crippen molar-refractivity contribution in [3.8, 4) is 33.4 Å². The van der Waals surface area contributed by atoms with E-state index >= 15 is 0 Å². The third-order valence-corrected chi connectivity index (χ3v) is 11.6. The van der Waals surface area contributed by atoms with Crippen LogP contribution in [0.15, 0.2) is 229 Å². The number of benzene rings is 11. The lowest BCUT2D eigenvalue weighted by atomic mass is 9.95. The third kappa shape index (κ3) is 5.65. The highest BCUT2D eigenvalue weighted by atomic mass is 16.3. The quantitative estimate of drug-likeness (QED) is 0.157. The fourth-order valence-electron chi connectivity index (χ4n) is 8.69. The van der Waals surface area contributed by atoms with Gasteiger partial charge in [0.1, 0.15) is 11.2 Å². The van der Waals surface area contributed by atoms with Gasteiger partial charge in [-0.15, -0.1) is 0 Å². The fraction of sp³-hybridized carbons (Fsp3) is 0. The molecule has 280 valence electrons. The minimum absolute atomic E-state index is 0.0863. The lowest BCUT2D eigenvalue weighted by Crippen LogP contribution is -2.10. The second-order valence-corrected chi connectivity index (χ2v) is 15.0. The average molecular weight is 772 g/mol. The Morgan fingerprint density at radius 2 is 0.883 bits per heavy atom. The zero-order chi connectivity index (χ0) is 46.5. The molecule has 0 radical (unpaired) electrons. The lowest BCUT2D eigenvalue weighted by Gasteiger charge is -2.26. The van der Waals surface area contributed by atoms with Crippen LogP contribution in [0.4, 0.5) is 17.1 Å². The van der Waals surface area contributed by atoms with Gasteiger partial charge in [-0.1, -0.05) is 170 Å². The molecule has 12 rings (SSSR count). The molecule has 0 saturated heterocycles. The van der Waals surface area contributed by atoms with Crippen LogP contribution in [0, 0.1) is 0 Å². The van der Waals surface area contributed by atoms with E-state index in [1.807, 2.05) is 152 Å². The number of anilines is 3. The summed E-state index contributed by atoms with van der Waals surface area (Å²) in [5.74, 6) is 0. The molecule has 0 saturated carbocycles. The first kappa shape index (κ1) is 26.9. The zero-order valence-electron chi connectivity index (χ0n) is 40.1. The second-order valence-electron chi connectivity index (χ2n) is 15.0. The Labute approximate surface area is 359 Å². The molecule has 0 amide bonds. The van der Waals surface area contributed by atoms with Crippen LogP contribution in [0.2, 0.25) is 0 Å². The lowest BCUT2D eigenvalue weighted by molar-refractivity contribution is 0.672. The number of nitrogens with zero attached hydrogens (tertiary/aromatic N) is 1. The van der Waals surface area contributed by atoms with E-state index in [0.717, 1.165) is 54.2 Å². The smallest absolute Gasteiger partial charge is 0.143 e. The molecule has 60 heavy (non-hydrogen) atoms. The van der Waals surface area contributed by atoms with Crippen molar-refractivity contribution in [3.63, 3.8) is 0 Å². The van der Waals surface area contributed by atoms with Crippen LogP contribution in [0.3, 0.4) is 0 Å². The Kier molecular flexibility index (Phi) is 6.21. The van der Waals surface area contributed by atoms with Crippen LogP contribution in [0.25, 0.3) is 98.4 Å². The van der Waals surface area contributed by atoms with Gasteiger partial charge in [0.05, 0.1) is 22.0 Å². The molecule has 0 aliphatic carbocycles. The van der Waals surface area contributed by atoms with Gasteiger partial charge < -0.3 is 9.32 Å². The van der Waals surface area contributed by atoms with E-state index < -0.39 is 24.2 Å². The molecule has 0 atom stereocenters. The maximum absolute atomic E-state index is 9.81. The van der Waals surface area contributed by atoms with Gasteiger partial charge in [-0.25, -0.2) is 0 Å². The highest BCUT2D eigenvalue weighted by Gasteiger charge is 2.21. The number of fused-ring (bicyclic) bond motifs is 9. The van der Waals surface area contributed by atoms with Gasteiger partial charge in [-0.3, -0.25) is 0 Å². The Balaban J connectivity index is 1.10. The number of hydrogen-bond acceptors (Lipinski definition) is 2. The molecule has 0 N–H and O–H groups in total. The summed E-state index contributed by atoms with van der Waals surface area (Å²) in [7, 11) is 0. The maximum Gasteiger partial charge on any atom is 0.143 e. The first-order valence-electron chi connectivity index (χ1n) is 23.9. The van der Waals surface area contributed by atoms with Crippen LogP contribution >= 0.6 is 0 Å². The summed E-state index contributed by atoms with van der Waals surface area (Å²) < 4.78 is 84.2. The molecule has 12 aromatic rings. The van der Waals surface area contributed by atoms with Crippen LogP contribution in [-0.4, -0.2) is 0 Å². The summed E-state index contributed by atoms with van der Waals surface area (Å²) in [6, 6.07) is 53.3. The van der Waals surface area contributed by atoms with Gasteiger partial charge in [0.15, 0.2) is 0 Å². The van der Waals surface area contributed by atoms with Crippen LogP contribution in [0.1, 0.15) is 11.0 Å². The summed E-state index contributed by atoms with van der Waals surface area (Å²) in [6.45, 7) is 0. The first-order chi connectivity index (χ1) is 33.1. The van der Waals surface area contributed by atoms with E-state index in [1.165, 1.54) is 4.90 Å². The van der Waals surface area contributed by atoms with E-state index in [2.05, 4.69) is 0 Å². The summed E-state index contributed by atoms with van der Waals surface area (Å²) in [4.78, 5) is 1.38. The van der Waals surface area contributed by atoms with Crippen LogP contribution in [-0.2, 0) is 0 Å². The molecule has 0 unspecified atom stereocenters. The Morgan fingerprint density at radius 3 is 1.65 bits per heavy atom. The Bertz CT molecular complexity index is 4040. The van der Waals surface area contributed by atoms with Crippen molar-refractivity contribution in [3.05, 3.63) is 224 Å². The summed E-state index contributed by atoms with van der Waals surface area (Å²) in [5.41, 5.74) is 3.84. The van der Waals surface area contributed by atoms with Gasteiger partial charge in [-0.05, 0) is 126 Å². The summed E-state index contributed by atoms with van der Waals surface area (Å²) in [6.07, 6.45) is 0. The predicted molar refractivity (Wildman–Crippen MR) is 255 cm³/mol. The minimum atomic E-state index is -0.422. The predicted octanol–water partition coefficient (Wildman–Crippen LogP) is 16.7. The normalized spacial score (nSPS) is 13.5. The van der Waals surface area contributed by atoms with E-state index in [0.29, 0.717) is 38.8 Å². The van der Waals surface area contributed by atoms with Gasteiger partial charge in [0, 0.05) is 22.1 Å². The SMILES string of the molecule is [2H]c1c([2H])c(N(c2c([2H])c([2H])c(-c3ccc4c(ccc5ccccc54)c3)c([2H])c2[2H])c2cccc3oc4c5ccccc5ccc4c23)c([2H])c([2H])c1-c1cccc(-c2cccc3ccccc23)c1.